The van der Waals surface area contributed by atoms with Crippen molar-refractivity contribution in [2.45, 2.75) is 95.3 Å². The van der Waals surface area contributed by atoms with Crippen molar-refractivity contribution < 1.29 is 63.5 Å². The van der Waals surface area contributed by atoms with Crippen LogP contribution in [0.1, 0.15) is 108 Å². The molecule has 8 rings (SSSR count). The lowest BCUT2D eigenvalue weighted by atomic mass is 9.71. The van der Waals surface area contributed by atoms with Crippen molar-refractivity contribution in [1.29, 1.82) is 0 Å². The van der Waals surface area contributed by atoms with Gasteiger partial charge in [0, 0.05) is 102 Å². The third kappa shape index (κ3) is 23.2. The number of aliphatic carboxylic acids is 1. The van der Waals surface area contributed by atoms with Crippen LogP contribution >= 0.6 is 31.9 Å². The third-order valence-corrected chi connectivity index (χ3v) is 17.4. The third-order valence-electron chi connectivity index (χ3n) is 16.4. The Labute approximate surface area is 565 Å². The first kappa shape index (κ1) is 77.3. The molecule has 0 radical (unpaired) electrons. The zero-order valence-electron chi connectivity index (χ0n) is 53.9. The quantitative estimate of drug-likeness (QED) is 0.0261. The molecule has 0 atom stereocenters. The Morgan fingerprint density at radius 2 is 0.717 bits per heavy atom. The SMILES string of the molecule is C.COCCOCCCC1(CCCOCCOC)c2cc(Br)ccc2-c2ccc(-c3ccc(OCCC(=O)CCCN)cc3)cc21.COCCOCCCC1(CCCOCCOC)c2cc(Br)ccc2-c2ccc(-c3ccc(OCCC(=O)O)cc3)cc21.NCCN.[2HH]. The molecule has 2 aliphatic rings. The standard InChI is InChI=1S/C37H48BrNO6.C34H41BrO7.C2H8N2.CH4.H2/c1-41-22-24-43-19-4-16-37(17-5-20-44-25-23-42-2)35-26-29(9-13-33(35)34-14-10-30(38)27-36(34)37)28-7-11-32(12-8-28)45-21-15-31(40)6-3-18-39;1-38-19-21-40-16-3-14-34(15-4-17-41-22-20-39-2)31-23-26(7-11-29(31)30-12-8-27(35)24-32(30)34)25-5-9-28(10-6-25)42-18-13-33(36)37;3-1-2-4;;/h7-14,26-27H,3-6,15-25,39H2,1-2H3;5-12,23-24H,3-4,13-22H2,1-2H3,(H,36,37);1-4H2;1H4;1H/i;;;;1+1. The van der Waals surface area contributed by atoms with Crippen molar-refractivity contribution in [3.05, 3.63) is 153 Å². The van der Waals surface area contributed by atoms with Crippen LogP contribution in [0.4, 0.5) is 0 Å². The van der Waals surface area contributed by atoms with E-state index < -0.39 is 5.97 Å². The number of hydrogen-bond acceptors (Lipinski definition) is 15. The number of benzene rings is 6. The number of carboxylic acid groups (broad SMARTS) is 1. The van der Waals surface area contributed by atoms with Gasteiger partial charge in [-0.05, 0) is 192 Å². The van der Waals surface area contributed by atoms with E-state index in [1.165, 1.54) is 50.1 Å². The molecular formula is C74H103Br2N3O13. The van der Waals surface area contributed by atoms with E-state index in [0.717, 1.165) is 89.2 Å². The summed E-state index contributed by atoms with van der Waals surface area (Å²) >= 11 is 7.51. The van der Waals surface area contributed by atoms with Gasteiger partial charge in [0.25, 0.3) is 0 Å². The number of methoxy groups -OCH3 is 4. The largest absolute Gasteiger partial charge is 0.493 e. The number of nitrogens with two attached hydrogens (primary N) is 3. The maximum absolute atomic E-state index is 12.0. The summed E-state index contributed by atoms with van der Waals surface area (Å²) in [6, 6.07) is 43.0. The summed E-state index contributed by atoms with van der Waals surface area (Å²) in [5.74, 6) is 0.744. The summed E-state index contributed by atoms with van der Waals surface area (Å²) in [5.41, 5.74) is 30.0. The van der Waals surface area contributed by atoms with Crippen LogP contribution in [-0.4, -0.2) is 157 Å². The normalized spacial score (nSPS) is 12.7. The number of fused-ring (bicyclic) bond motifs is 6. The highest BCUT2D eigenvalue weighted by molar-refractivity contribution is 9.10. The number of ketones is 1. The molecule has 18 heteroatoms. The summed E-state index contributed by atoms with van der Waals surface area (Å²) < 4.78 is 57.8. The first-order valence-corrected chi connectivity index (χ1v) is 33.5. The Morgan fingerprint density at radius 3 is 1.04 bits per heavy atom. The van der Waals surface area contributed by atoms with Gasteiger partial charge < -0.3 is 69.7 Å². The van der Waals surface area contributed by atoms with Gasteiger partial charge in [0.15, 0.2) is 0 Å². The van der Waals surface area contributed by atoms with Crippen molar-refractivity contribution in [2.24, 2.45) is 17.2 Å². The number of Topliss-reactive ketones (excluding diaryl/α,β-unsaturated/α-hetero) is 1. The van der Waals surface area contributed by atoms with Crippen LogP contribution in [0.5, 0.6) is 11.5 Å². The molecule has 0 amide bonds. The lowest BCUT2D eigenvalue weighted by Gasteiger charge is -2.33. The number of hydrogen-bond donors (Lipinski definition) is 4. The average Bonchev–Trinajstić information content (AvgIpc) is 1.58. The fraction of sp³-hybridized carbons (Fsp3) is 0.486. The number of carbonyl (C=O) groups is 2. The highest BCUT2D eigenvalue weighted by atomic mass is 79.9. The molecule has 7 N–H and O–H groups in total. The Balaban J connectivity index is 0.000000368. The summed E-state index contributed by atoms with van der Waals surface area (Å²) in [5, 5.41) is 8.88. The molecule has 0 spiro atoms. The molecule has 506 valence electrons. The van der Waals surface area contributed by atoms with Crippen molar-refractivity contribution >= 4 is 43.6 Å². The molecule has 6 aromatic carbocycles. The van der Waals surface area contributed by atoms with Gasteiger partial charge in [0.2, 0.25) is 0 Å². The number of halogens is 2. The van der Waals surface area contributed by atoms with E-state index in [2.05, 4.69) is 117 Å². The van der Waals surface area contributed by atoms with E-state index in [1.807, 2.05) is 36.4 Å². The van der Waals surface area contributed by atoms with E-state index in [1.54, 1.807) is 28.4 Å². The minimum Gasteiger partial charge on any atom is -0.493 e. The minimum atomic E-state index is -0.871. The predicted octanol–water partition coefficient (Wildman–Crippen LogP) is 14.3. The van der Waals surface area contributed by atoms with Gasteiger partial charge in [-0.2, -0.15) is 0 Å². The molecule has 0 fully saturated rings. The van der Waals surface area contributed by atoms with Gasteiger partial charge >= 0.3 is 5.97 Å². The zero-order chi connectivity index (χ0) is 65.1. The summed E-state index contributed by atoms with van der Waals surface area (Å²) in [6.07, 6.45) is 9.17. The van der Waals surface area contributed by atoms with Crippen LogP contribution in [0.3, 0.4) is 0 Å². The Kier molecular flexibility index (Phi) is 36.0. The molecule has 0 heterocycles. The van der Waals surface area contributed by atoms with E-state index in [0.29, 0.717) is 124 Å². The van der Waals surface area contributed by atoms with Crippen LogP contribution < -0.4 is 26.7 Å². The van der Waals surface area contributed by atoms with Crippen LogP contribution in [0.25, 0.3) is 44.5 Å². The second-order valence-corrected chi connectivity index (χ2v) is 24.4. The first-order valence-electron chi connectivity index (χ1n) is 31.9. The summed E-state index contributed by atoms with van der Waals surface area (Å²) in [7, 11) is 6.78. The number of carbonyl (C=O) groups excluding carboxylic acids is 1. The first-order chi connectivity index (χ1) is 44.4. The Hall–Kier alpha value is -5.42. The molecular weight excluding hydrogens is 1300 g/mol. The monoisotopic (exact) mass is 1400 g/mol. The Morgan fingerprint density at radius 1 is 0.391 bits per heavy atom. The lowest BCUT2D eigenvalue weighted by Crippen LogP contribution is -2.27. The van der Waals surface area contributed by atoms with Crippen molar-refractivity contribution in [3.8, 4) is 56.0 Å². The van der Waals surface area contributed by atoms with E-state index in [4.69, 9.17) is 69.7 Å². The molecule has 0 aliphatic heterocycles. The highest BCUT2D eigenvalue weighted by Crippen LogP contribution is 2.57. The number of rotatable bonds is 42. The molecule has 16 nitrogen and oxygen atoms in total. The van der Waals surface area contributed by atoms with Crippen molar-refractivity contribution in [3.63, 3.8) is 0 Å². The van der Waals surface area contributed by atoms with Gasteiger partial charge in [-0.1, -0.05) is 100.0 Å². The second kappa shape index (κ2) is 42.8. The molecule has 2 aliphatic carbocycles. The predicted molar refractivity (Wildman–Crippen MR) is 377 cm³/mol. The van der Waals surface area contributed by atoms with Crippen molar-refractivity contribution in [2.75, 3.05) is 141 Å². The maximum atomic E-state index is 12.0. The molecule has 6 aromatic rings. The summed E-state index contributed by atoms with van der Waals surface area (Å²) in [4.78, 5) is 22.8. The zero-order valence-corrected chi connectivity index (χ0v) is 57.1. The van der Waals surface area contributed by atoms with Crippen LogP contribution in [0.15, 0.2) is 130 Å². The molecule has 92 heavy (non-hydrogen) atoms. The fourth-order valence-corrected chi connectivity index (χ4v) is 12.7. The minimum absolute atomic E-state index is 0. The second-order valence-electron chi connectivity index (χ2n) is 22.5. The van der Waals surface area contributed by atoms with E-state index in [9.17, 15) is 9.59 Å². The molecule has 0 aromatic heterocycles. The molecule has 0 unspecified atom stereocenters. The Bertz CT molecular complexity index is 3070. The highest BCUT2D eigenvalue weighted by Gasteiger charge is 2.44. The average molecular weight is 1400 g/mol. The maximum Gasteiger partial charge on any atom is 0.306 e. The lowest BCUT2D eigenvalue weighted by molar-refractivity contribution is -0.137. The van der Waals surface area contributed by atoms with Gasteiger partial charge in [-0.25, -0.2) is 0 Å². The van der Waals surface area contributed by atoms with Crippen LogP contribution in [0, 0.1) is 0 Å². The van der Waals surface area contributed by atoms with E-state index >= 15 is 0 Å². The van der Waals surface area contributed by atoms with E-state index in [-0.39, 0.29) is 38.5 Å². The topological polar surface area (TPSA) is 225 Å². The van der Waals surface area contributed by atoms with Gasteiger partial charge in [0.1, 0.15) is 17.3 Å². The molecule has 0 saturated carbocycles. The van der Waals surface area contributed by atoms with Crippen LogP contribution in [-0.2, 0) is 58.3 Å². The number of carboxylic acids is 1. The van der Waals surface area contributed by atoms with Crippen LogP contribution in [0.2, 0.25) is 0 Å². The molecule has 0 saturated heterocycles. The van der Waals surface area contributed by atoms with Gasteiger partial charge in [0.05, 0.1) is 72.5 Å². The smallest absolute Gasteiger partial charge is 0.306 e. The summed E-state index contributed by atoms with van der Waals surface area (Å²) in [6.45, 7) is 9.76. The van der Waals surface area contributed by atoms with Gasteiger partial charge in [-0.15, -0.1) is 0 Å². The fourth-order valence-electron chi connectivity index (χ4n) is 12.0. The van der Waals surface area contributed by atoms with Gasteiger partial charge in [-0.3, -0.25) is 9.59 Å². The number of ether oxygens (including phenoxy) is 10. The van der Waals surface area contributed by atoms with Crippen molar-refractivity contribution in [1.82, 2.24) is 0 Å². The molecule has 0 bridgehead atoms.